The van der Waals surface area contributed by atoms with Crippen molar-refractivity contribution in [2.24, 2.45) is 12.0 Å². The number of piperidine rings is 2. The fourth-order valence-electron chi connectivity index (χ4n) is 8.36. The topological polar surface area (TPSA) is 108 Å². The molecule has 0 bridgehead atoms. The highest BCUT2D eigenvalue weighted by molar-refractivity contribution is 6.01. The summed E-state index contributed by atoms with van der Waals surface area (Å²) in [4.78, 5) is 45.3. The maximum Gasteiger partial charge on any atom is 0.256 e. The van der Waals surface area contributed by atoms with Crippen LogP contribution in [0.1, 0.15) is 70.5 Å². The highest BCUT2D eigenvalue weighted by Crippen LogP contribution is 2.35. The van der Waals surface area contributed by atoms with Crippen LogP contribution in [0.25, 0.3) is 11.1 Å². The maximum absolute atomic E-state index is 15.8. The monoisotopic (exact) mass is 716 g/mol. The van der Waals surface area contributed by atoms with Crippen LogP contribution in [0.5, 0.6) is 5.75 Å². The molecule has 0 radical (unpaired) electrons. The molecule has 2 amide bonds. The second-order valence-electron chi connectivity index (χ2n) is 14.8. The second-order valence-corrected chi connectivity index (χ2v) is 14.8. The summed E-state index contributed by atoms with van der Waals surface area (Å²) in [6, 6.07) is 18.3. The van der Waals surface area contributed by atoms with Crippen molar-refractivity contribution < 1.29 is 18.7 Å². The number of imide groups is 1. The van der Waals surface area contributed by atoms with Crippen molar-refractivity contribution in [1.29, 1.82) is 0 Å². The van der Waals surface area contributed by atoms with Crippen LogP contribution in [-0.2, 0) is 49.2 Å². The number of anilines is 1. The summed E-state index contributed by atoms with van der Waals surface area (Å²) in [7, 11) is 3.29. The minimum atomic E-state index is -0.375. The van der Waals surface area contributed by atoms with E-state index in [0.717, 1.165) is 68.8 Å². The van der Waals surface area contributed by atoms with Crippen LogP contribution in [0, 0.1) is 5.82 Å². The molecule has 1 atom stereocenters. The minimum absolute atomic E-state index is 0.0772. The lowest BCUT2D eigenvalue weighted by Crippen LogP contribution is -2.47. The van der Waals surface area contributed by atoms with Gasteiger partial charge in [-0.25, -0.2) is 4.39 Å². The molecule has 0 aliphatic carbocycles. The number of nitrogens with zero attached hydrogens (tertiary/aromatic N) is 4. The molecule has 4 aliphatic heterocycles. The molecule has 11 heteroatoms. The van der Waals surface area contributed by atoms with Gasteiger partial charge in [-0.05, 0) is 96.8 Å². The summed E-state index contributed by atoms with van der Waals surface area (Å²) in [5.41, 5.74) is 9.49. The van der Waals surface area contributed by atoms with Gasteiger partial charge in [-0.2, -0.15) is 0 Å². The van der Waals surface area contributed by atoms with Crippen LogP contribution in [0.15, 0.2) is 70.6 Å². The fraction of sp³-hybridized carbons (Fsp3) is 0.381. The molecule has 4 aliphatic rings. The lowest BCUT2D eigenvalue weighted by Gasteiger charge is -2.33. The molecule has 0 spiro atoms. The van der Waals surface area contributed by atoms with Gasteiger partial charge < -0.3 is 14.6 Å². The zero-order valence-corrected chi connectivity index (χ0v) is 30.3. The number of fused-ring (bicyclic) bond motifs is 2. The van der Waals surface area contributed by atoms with Gasteiger partial charge in [0.2, 0.25) is 11.8 Å². The van der Waals surface area contributed by atoms with Crippen molar-refractivity contribution in [2.45, 2.75) is 70.2 Å². The lowest BCUT2D eigenvalue weighted by atomic mass is 9.89. The Kier molecular flexibility index (Phi) is 9.70. The van der Waals surface area contributed by atoms with Crippen LogP contribution in [0.2, 0.25) is 0 Å². The summed E-state index contributed by atoms with van der Waals surface area (Å²) >= 11 is 0. The van der Waals surface area contributed by atoms with Gasteiger partial charge in [0, 0.05) is 80.0 Å². The average molecular weight is 717 g/mol. The number of ether oxygens (including phenoxy) is 1. The Bertz CT molecular complexity index is 2150. The zero-order valence-electron chi connectivity index (χ0n) is 30.3. The molecule has 1 unspecified atom stereocenters. The molecular formula is C42H45FN6O4. The van der Waals surface area contributed by atoms with Gasteiger partial charge in [0.05, 0.1) is 13.7 Å². The van der Waals surface area contributed by atoms with Gasteiger partial charge >= 0.3 is 0 Å². The Balaban J connectivity index is 0.860. The summed E-state index contributed by atoms with van der Waals surface area (Å²) < 4.78 is 23.1. The Morgan fingerprint density at radius 3 is 2.51 bits per heavy atom. The first kappa shape index (κ1) is 34.9. The predicted octanol–water partition coefficient (Wildman–Crippen LogP) is 5.29. The molecule has 8 rings (SSSR count). The van der Waals surface area contributed by atoms with Crippen LogP contribution in [0.3, 0.4) is 0 Å². The van der Waals surface area contributed by atoms with Crippen molar-refractivity contribution in [3.05, 3.63) is 116 Å². The van der Waals surface area contributed by atoms with E-state index in [0.29, 0.717) is 54.3 Å². The Hall–Kier alpha value is -5.13. The molecule has 5 heterocycles. The second kappa shape index (κ2) is 14.7. The van der Waals surface area contributed by atoms with E-state index in [-0.39, 0.29) is 29.2 Å². The maximum atomic E-state index is 15.8. The Morgan fingerprint density at radius 1 is 0.925 bits per heavy atom. The number of amides is 2. The Labute approximate surface area is 308 Å². The standard InChI is InChI=1S/C42H45FN6O4/c1-47-24-35(33-20-44-21-34(33)42(47)52)31-18-37(43)36(39(19-31)53-2)25-49-16-13-29-17-26(3-4-30(29)23-49)22-48-14-11-28(12-15-48)27-5-7-32(8-6-27)45-38-9-10-40(50)46-41(38)51/h3-8,17-20,24,28,38,45H,9-16,21-23,25H2,1-2H3,(H,46,50,51). The molecule has 3 aromatic carbocycles. The van der Waals surface area contributed by atoms with E-state index in [2.05, 4.69) is 55.8 Å². The van der Waals surface area contributed by atoms with E-state index in [1.807, 2.05) is 18.2 Å². The SMILES string of the molecule is COc1cc(-c2cn(C)c(=O)c3c2C=NC3)cc(F)c1CN1CCc2cc(CN3CCC(c4ccc(NC5CCC(=O)NC5=O)cc4)CC3)ccc2C1. The number of likely N-dealkylation sites (tertiary alicyclic amines) is 1. The summed E-state index contributed by atoms with van der Waals surface area (Å²) in [5.74, 6) is 0.230. The van der Waals surface area contributed by atoms with Crippen molar-refractivity contribution in [2.75, 3.05) is 32.1 Å². The van der Waals surface area contributed by atoms with E-state index in [1.165, 1.54) is 26.8 Å². The fourth-order valence-corrected chi connectivity index (χ4v) is 8.36. The Morgan fingerprint density at radius 2 is 1.74 bits per heavy atom. The van der Waals surface area contributed by atoms with Crippen molar-refractivity contribution in [3.8, 4) is 16.9 Å². The van der Waals surface area contributed by atoms with Crippen molar-refractivity contribution in [3.63, 3.8) is 0 Å². The van der Waals surface area contributed by atoms with Crippen LogP contribution >= 0.6 is 0 Å². The summed E-state index contributed by atoms with van der Waals surface area (Å²) in [5, 5.41) is 5.67. The number of benzene rings is 3. The quantitative estimate of drug-likeness (QED) is 0.227. The number of rotatable bonds is 9. The van der Waals surface area contributed by atoms with E-state index in [4.69, 9.17) is 4.74 Å². The normalized spacial score (nSPS) is 19.2. The first-order valence-corrected chi connectivity index (χ1v) is 18.6. The van der Waals surface area contributed by atoms with Crippen molar-refractivity contribution in [1.82, 2.24) is 19.7 Å². The number of halogens is 1. The van der Waals surface area contributed by atoms with Crippen LogP contribution in [-0.4, -0.2) is 65.2 Å². The third-order valence-corrected chi connectivity index (χ3v) is 11.4. The van der Waals surface area contributed by atoms with Gasteiger partial charge in [-0.15, -0.1) is 0 Å². The molecule has 1 aromatic heterocycles. The molecular weight excluding hydrogens is 671 g/mol. The number of methoxy groups -OCH3 is 1. The van der Waals surface area contributed by atoms with E-state index in [9.17, 15) is 14.4 Å². The van der Waals surface area contributed by atoms with Gasteiger partial charge in [0.1, 0.15) is 17.6 Å². The number of aliphatic imine (C=N–C) groups is 1. The number of aromatic nitrogens is 1. The first-order chi connectivity index (χ1) is 25.7. The highest BCUT2D eigenvalue weighted by Gasteiger charge is 2.27. The van der Waals surface area contributed by atoms with E-state index in [1.54, 1.807) is 32.6 Å². The molecule has 2 saturated heterocycles. The van der Waals surface area contributed by atoms with E-state index < -0.39 is 0 Å². The van der Waals surface area contributed by atoms with E-state index >= 15 is 4.39 Å². The number of nitrogens with one attached hydrogen (secondary N) is 2. The smallest absolute Gasteiger partial charge is 0.256 e. The summed E-state index contributed by atoms with van der Waals surface area (Å²) in [6.45, 7) is 5.37. The number of carbonyl (C=O) groups is 2. The van der Waals surface area contributed by atoms with Gasteiger partial charge in [0.15, 0.2) is 0 Å². The third-order valence-electron chi connectivity index (χ3n) is 11.4. The van der Waals surface area contributed by atoms with Crippen molar-refractivity contribution >= 4 is 23.7 Å². The number of carbonyl (C=O) groups excluding carboxylic acids is 2. The van der Waals surface area contributed by atoms with Gasteiger partial charge in [-0.1, -0.05) is 30.3 Å². The van der Waals surface area contributed by atoms with Gasteiger partial charge in [-0.3, -0.25) is 34.5 Å². The lowest BCUT2D eigenvalue weighted by molar-refractivity contribution is -0.133. The number of hydrogen-bond acceptors (Lipinski definition) is 8. The number of aryl methyl sites for hydroxylation is 1. The molecule has 0 saturated carbocycles. The molecule has 53 heavy (non-hydrogen) atoms. The predicted molar refractivity (Wildman–Crippen MR) is 203 cm³/mol. The largest absolute Gasteiger partial charge is 0.496 e. The highest BCUT2D eigenvalue weighted by atomic mass is 19.1. The molecule has 10 nitrogen and oxygen atoms in total. The molecule has 4 aromatic rings. The number of hydrogen-bond donors (Lipinski definition) is 2. The summed E-state index contributed by atoms with van der Waals surface area (Å²) in [6.07, 6.45) is 7.44. The molecule has 274 valence electrons. The third kappa shape index (κ3) is 7.28. The number of pyridine rings is 1. The van der Waals surface area contributed by atoms with Gasteiger partial charge in [0.25, 0.3) is 5.56 Å². The zero-order chi connectivity index (χ0) is 36.6. The van der Waals surface area contributed by atoms with Crippen LogP contribution < -0.4 is 20.9 Å². The molecule has 2 N–H and O–H groups in total. The minimum Gasteiger partial charge on any atom is -0.496 e. The molecule has 2 fully saturated rings. The van der Waals surface area contributed by atoms with Crippen LogP contribution in [0.4, 0.5) is 10.1 Å². The first-order valence-electron chi connectivity index (χ1n) is 18.6. The average Bonchev–Trinajstić information content (AvgIpc) is 3.66.